The molecule has 0 saturated heterocycles. The van der Waals surface area contributed by atoms with Crippen molar-refractivity contribution in [1.82, 2.24) is 0 Å². The fourth-order valence-corrected chi connectivity index (χ4v) is 2.08. The molecule has 2 aromatic carbocycles. The molecule has 0 radical (unpaired) electrons. The lowest BCUT2D eigenvalue weighted by Gasteiger charge is -2.13. The van der Waals surface area contributed by atoms with Gasteiger partial charge in [0.1, 0.15) is 5.75 Å². The van der Waals surface area contributed by atoms with E-state index in [1.807, 2.05) is 31.2 Å². The van der Waals surface area contributed by atoms with Gasteiger partial charge in [0.25, 0.3) is 0 Å². The SMILES string of the molecule is CC(N)Cc1ccccc1OCCc1ccccc1. The van der Waals surface area contributed by atoms with E-state index in [2.05, 4.69) is 30.3 Å². The number of rotatable bonds is 6. The Morgan fingerprint density at radius 3 is 2.42 bits per heavy atom. The van der Waals surface area contributed by atoms with Crippen molar-refractivity contribution in [2.75, 3.05) is 6.61 Å². The lowest BCUT2D eigenvalue weighted by Crippen LogP contribution is -2.18. The smallest absolute Gasteiger partial charge is 0.122 e. The Labute approximate surface area is 115 Å². The van der Waals surface area contributed by atoms with E-state index in [9.17, 15) is 0 Å². The fourth-order valence-electron chi connectivity index (χ4n) is 2.08. The minimum Gasteiger partial charge on any atom is -0.493 e. The maximum absolute atomic E-state index is 5.89. The van der Waals surface area contributed by atoms with Crippen LogP contribution in [0.1, 0.15) is 18.1 Å². The molecule has 1 unspecified atom stereocenters. The average Bonchev–Trinajstić information content (AvgIpc) is 2.41. The Hall–Kier alpha value is -1.80. The van der Waals surface area contributed by atoms with Crippen molar-refractivity contribution >= 4 is 0 Å². The maximum Gasteiger partial charge on any atom is 0.122 e. The summed E-state index contributed by atoms with van der Waals surface area (Å²) in [7, 11) is 0. The molecule has 0 aromatic heterocycles. The Kier molecular flexibility index (Phi) is 4.99. The molecule has 2 nitrogen and oxygen atoms in total. The van der Waals surface area contributed by atoms with Crippen molar-refractivity contribution in [1.29, 1.82) is 0 Å². The first-order valence-corrected chi connectivity index (χ1v) is 6.76. The predicted molar refractivity (Wildman–Crippen MR) is 79.4 cm³/mol. The van der Waals surface area contributed by atoms with E-state index in [0.717, 1.165) is 18.6 Å². The third-order valence-electron chi connectivity index (χ3n) is 3.01. The zero-order chi connectivity index (χ0) is 13.5. The van der Waals surface area contributed by atoms with E-state index < -0.39 is 0 Å². The largest absolute Gasteiger partial charge is 0.493 e. The van der Waals surface area contributed by atoms with Crippen LogP contribution in [0.15, 0.2) is 54.6 Å². The first-order valence-electron chi connectivity index (χ1n) is 6.76. The average molecular weight is 255 g/mol. The molecule has 0 heterocycles. The zero-order valence-corrected chi connectivity index (χ0v) is 11.4. The lowest BCUT2D eigenvalue weighted by atomic mass is 10.1. The normalized spacial score (nSPS) is 12.1. The van der Waals surface area contributed by atoms with Gasteiger partial charge in [-0.3, -0.25) is 0 Å². The summed E-state index contributed by atoms with van der Waals surface area (Å²) in [5.74, 6) is 0.954. The van der Waals surface area contributed by atoms with Gasteiger partial charge in [-0.1, -0.05) is 48.5 Å². The Morgan fingerprint density at radius 2 is 1.68 bits per heavy atom. The number of hydrogen-bond donors (Lipinski definition) is 1. The molecule has 2 rings (SSSR count). The van der Waals surface area contributed by atoms with Crippen molar-refractivity contribution in [3.05, 3.63) is 65.7 Å². The van der Waals surface area contributed by atoms with E-state index >= 15 is 0 Å². The molecule has 0 spiro atoms. The maximum atomic E-state index is 5.89. The topological polar surface area (TPSA) is 35.2 Å². The summed E-state index contributed by atoms with van der Waals surface area (Å²) in [4.78, 5) is 0. The van der Waals surface area contributed by atoms with E-state index in [0.29, 0.717) is 6.61 Å². The molecule has 0 saturated carbocycles. The molecule has 2 aromatic rings. The minimum atomic E-state index is 0.152. The second-order valence-corrected chi connectivity index (χ2v) is 4.87. The number of ether oxygens (including phenoxy) is 1. The number of para-hydroxylation sites is 1. The van der Waals surface area contributed by atoms with Gasteiger partial charge >= 0.3 is 0 Å². The van der Waals surface area contributed by atoms with Gasteiger partial charge in [-0.2, -0.15) is 0 Å². The van der Waals surface area contributed by atoms with Gasteiger partial charge in [0, 0.05) is 12.5 Å². The molecular formula is C17H21NO. The van der Waals surface area contributed by atoms with Crippen molar-refractivity contribution in [2.45, 2.75) is 25.8 Å². The number of hydrogen-bond acceptors (Lipinski definition) is 2. The first kappa shape index (κ1) is 13.6. The van der Waals surface area contributed by atoms with Crippen molar-refractivity contribution in [3.8, 4) is 5.75 Å². The highest BCUT2D eigenvalue weighted by Gasteiger charge is 2.05. The van der Waals surface area contributed by atoms with E-state index in [4.69, 9.17) is 10.5 Å². The van der Waals surface area contributed by atoms with Gasteiger partial charge in [-0.05, 0) is 30.5 Å². The van der Waals surface area contributed by atoms with Crippen LogP contribution in [0.2, 0.25) is 0 Å². The van der Waals surface area contributed by atoms with Gasteiger partial charge in [0.2, 0.25) is 0 Å². The van der Waals surface area contributed by atoms with Crippen LogP contribution in [0.5, 0.6) is 5.75 Å². The second kappa shape index (κ2) is 6.95. The molecule has 0 aliphatic heterocycles. The van der Waals surface area contributed by atoms with Gasteiger partial charge in [0.15, 0.2) is 0 Å². The van der Waals surface area contributed by atoms with Crippen LogP contribution in [0.25, 0.3) is 0 Å². The molecule has 0 aliphatic carbocycles. The lowest BCUT2D eigenvalue weighted by molar-refractivity contribution is 0.318. The van der Waals surface area contributed by atoms with Crippen molar-refractivity contribution < 1.29 is 4.74 Å². The number of benzene rings is 2. The summed E-state index contributed by atoms with van der Waals surface area (Å²) in [6.45, 7) is 2.71. The molecule has 2 N–H and O–H groups in total. The van der Waals surface area contributed by atoms with Gasteiger partial charge in [-0.15, -0.1) is 0 Å². The minimum absolute atomic E-state index is 0.152. The Balaban J connectivity index is 1.92. The van der Waals surface area contributed by atoms with Crippen LogP contribution in [0, 0.1) is 0 Å². The van der Waals surface area contributed by atoms with E-state index in [1.54, 1.807) is 0 Å². The summed E-state index contributed by atoms with van der Waals surface area (Å²) in [6, 6.07) is 18.7. The van der Waals surface area contributed by atoms with Crippen LogP contribution in [-0.4, -0.2) is 12.6 Å². The quantitative estimate of drug-likeness (QED) is 0.860. The Bertz CT molecular complexity index is 494. The number of nitrogens with two attached hydrogens (primary N) is 1. The van der Waals surface area contributed by atoms with Crippen LogP contribution >= 0.6 is 0 Å². The fraction of sp³-hybridized carbons (Fsp3) is 0.294. The van der Waals surface area contributed by atoms with Gasteiger partial charge in [0.05, 0.1) is 6.61 Å². The van der Waals surface area contributed by atoms with E-state index in [-0.39, 0.29) is 6.04 Å². The highest BCUT2D eigenvalue weighted by Crippen LogP contribution is 2.19. The van der Waals surface area contributed by atoms with Crippen LogP contribution in [0.3, 0.4) is 0 Å². The van der Waals surface area contributed by atoms with E-state index in [1.165, 1.54) is 11.1 Å². The predicted octanol–water partition coefficient (Wildman–Crippen LogP) is 3.20. The summed E-state index contributed by atoms with van der Waals surface area (Å²) >= 11 is 0. The summed E-state index contributed by atoms with van der Waals surface area (Å²) < 4.78 is 5.89. The molecule has 2 heteroatoms. The molecule has 0 amide bonds. The van der Waals surface area contributed by atoms with Crippen molar-refractivity contribution in [3.63, 3.8) is 0 Å². The van der Waals surface area contributed by atoms with Crippen LogP contribution < -0.4 is 10.5 Å². The van der Waals surface area contributed by atoms with Crippen molar-refractivity contribution in [2.24, 2.45) is 5.73 Å². The summed E-state index contributed by atoms with van der Waals surface area (Å²) in [5, 5.41) is 0. The third-order valence-corrected chi connectivity index (χ3v) is 3.01. The highest BCUT2D eigenvalue weighted by atomic mass is 16.5. The standard InChI is InChI=1S/C17H21NO/c1-14(18)13-16-9-5-6-10-17(16)19-12-11-15-7-3-2-4-8-15/h2-10,14H,11-13,18H2,1H3. The van der Waals surface area contributed by atoms with Gasteiger partial charge in [-0.25, -0.2) is 0 Å². The van der Waals surface area contributed by atoms with Crippen LogP contribution in [-0.2, 0) is 12.8 Å². The first-order chi connectivity index (χ1) is 9.25. The molecular weight excluding hydrogens is 234 g/mol. The molecule has 0 aliphatic rings. The monoisotopic (exact) mass is 255 g/mol. The third kappa shape index (κ3) is 4.42. The zero-order valence-electron chi connectivity index (χ0n) is 11.4. The molecule has 100 valence electrons. The molecule has 1 atom stereocenters. The highest BCUT2D eigenvalue weighted by molar-refractivity contribution is 5.34. The molecule has 0 fully saturated rings. The Morgan fingerprint density at radius 1 is 1.00 bits per heavy atom. The second-order valence-electron chi connectivity index (χ2n) is 4.87. The summed E-state index contributed by atoms with van der Waals surface area (Å²) in [5.41, 5.74) is 8.34. The van der Waals surface area contributed by atoms with Gasteiger partial charge < -0.3 is 10.5 Å². The molecule has 0 bridgehead atoms. The molecule has 19 heavy (non-hydrogen) atoms. The summed E-state index contributed by atoms with van der Waals surface area (Å²) in [6.07, 6.45) is 1.77. The van der Waals surface area contributed by atoms with Crippen LogP contribution in [0.4, 0.5) is 0 Å².